The maximum Gasteiger partial charge on any atom is 0.340 e. The molecule has 0 fully saturated rings. The Kier molecular flexibility index (Phi) is 7.40. The molecule has 0 saturated heterocycles. The monoisotopic (exact) mass is 436 g/mol. The van der Waals surface area contributed by atoms with Crippen molar-refractivity contribution in [2.75, 3.05) is 11.9 Å². The lowest BCUT2D eigenvalue weighted by molar-refractivity contribution is -0.119. The minimum atomic E-state index is -0.705. The maximum atomic E-state index is 12.8. The molecule has 2 N–H and O–H groups in total. The van der Waals surface area contributed by atoms with Gasteiger partial charge in [-0.3, -0.25) is 9.59 Å². The van der Waals surface area contributed by atoms with E-state index in [1.807, 2.05) is 37.3 Å². The summed E-state index contributed by atoms with van der Waals surface area (Å²) in [5, 5.41) is 5.77. The number of anilines is 1. The van der Waals surface area contributed by atoms with Gasteiger partial charge in [0, 0.05) is 0 Å². The maximum absolute atomic E-state index is 12.8. The van der Waals surface area contributed by atoms with Crippen molar-refractivity contribution in [3.8, 4) is 0 Å². The smallest absolute Gasteiger partial charge is 0.340 e. The Hall–Kier alpha value is -3.64. The number of hydrogen-bond donors (Lipinski definition) is 2. The number of benzene rings is 3. The van der Waals surface area contributed by atoms with Gasteiger partial charge >= 0.3 is 5.97 Å². The summed E-state index contributed by atoms with van der Waals surface area (Å²) in [6, 6.07) is 22.4. The fraction of sp³-hybridized carbons (Fsp3) is 0.125. The van der Waals surface area contributed by atoms with Crippen molar-refractivity contribution in [2.24, 2.45) is 0 Å². The zero-order valence-electron chi connectivity index (χ0n) is 16.8. The summed E-state index contributed by atoms with van der Waals surface area (Å²) in [6.07, 6.45) is 0. The largest absolute Gasteiger partial charge is 0.452 e. The summed E-state index contributed by atoms with van der Waals surface area (Å²) >= 11 is 5.96. The van der Waals surface area contributed by atoms with Crippen molar-refractivity contribution >= 4 is 35.1 Å². The first-order valence-corrected chi connectivity index (χ1v) is 10.00. The predicted molar refractivity (Wildman–Crippen MR) is 119 cm³/mol. The second kappa shape index (κ2) is 10.4. The molecule has 1 atom stereocenters. The summed E-state index contributed by atoms with van der Waals surface area (Å²) in [6.45, 7) is 1.36. The molecule has 0 bridgehead atoms. The van der Waals surface area contributed by atoms with E-state index >= 15 is 0 Å². The van der Waals surface area contributed by atoms with Crippen molar-refractivity contribution in [1.82, 2.24) is 5.32 Å². The number of nitrogens with one attached hydrogen (secondary N) is 2. The van der Waals surface area contributed by atoms with Gasteiger partial charge in [-0.1, -0.05) is 66.2 Å². The van der Waals surface area contributed by atoms with E-state index in [9.17, 15) is 14.4 Å². The highest BCUT2D eigenvalue weighted by molar-refractivity contribution is 6.33. The van der Waals surface area contributed by atoms with E-state index in [-0.39, 0.29) is 22.5 Å². The molecule has 0 heterocycles. The van der Waals surface area contributed by atoms with Crippen molar-refractivity contribution in [1.29, 1.82) is 0 Å². The van der Waals surface area contributed by atoms with Crippen LogP contribution >= 0.6 is 11.6 Å². The molecule has 158 valence electrons. The number of amides is 2. The molecule has 0 aromatic heterocycles. The summed E-state index contributed by atoms with van der Waals surface area (Å²) in [5.41, 5.74) is 1.76. The second-order valence-electron chi connectivity index (χ2n) is 6.76. The van der Waals surface area contributed by atoms with Crippen LogP contribution in [0, 0.1) is 0 Å². The van der Waals surface area contributed by atoms with Crippen molar-refractivity contribution in [3.63, 3.8) is 0 Å². The van der Waals surface area contributed by atoms with E-state index in [1.54, 1.807) is 42.5 Å². The van der Waals surface area contributed by atoms with Crippen molar-refractivity contribution in [2.45, 2.75) is 13.0 Å². The Morgan fingerprint density at radius 1 is 0.871 bits per heavy atom. The summed E-state index contributed by atoms with van der Waals surface area (Å²) < 4.78 is 5.03. The van der Waals surface area contributed by atoms with Crippen LogP contribution in [0.2, 0.25) is 5.02 Å². The number of carbonyl (C=O) groups excluding carboxylic acids is 3. The molecule has 0 aliphatic carbocycles. The van der Waals surface area contributed by atoms with Crippen LogP contribution in [0.1, 0.15) is 39.2 Å². The summed E-state index contributed by atoms with van der Waals surface area (Å²) in [4.78, 5) is 37.2. The van der Waals surface area contributed by atoms with Gasteiger partial charge in [0.2, 0.25) is 0 Å². The highest BCUT2D eigenvalue weighted by atomic mass is 35.5. The van der Waals surface area contributed by atoms with Gasteiger partial charge in [0.1, 0.15) is 0 Å². The van der Waals surface area contributed by atoms with Gasteiger partial charge in [-0.15, -0.1) is 0 Å². The average molecular weight is 437 g/mol. The van der Waals surface area contributed by atoms with Crippen LogP contribution < -0.4 is 10.6 Å². The van der Waals surface area contributed by atoms with Gasteiger partial charge in [0.15, 0.2) is 6.61 Å². The number of carbonyl (C=O) groups is 3. The molecular weight excluding hydrogens is 416 g/mol. The topological polar surface area (TPSA) is 84.5 Å². The van der Waals surface area contributed by atoms with Crippen molar-refractivity contribution < 1.29 is 19.1 Å². The first kappa shape index (κ1) is 22.1. The summed E-state index contributed by atoms with van der Waals surface area (Å²) in [7, 11) is 0. The van der Waals surface area contributed by atoms with Gasteiger partial charge in [0.25, 0.3) is 11.8 Å². The Balaban J connectivity index is 1.62. The molecule has 0 radical (unpaired) electrons. The van der Waals surface area contributed by atoms with Crippen molar-refractivity contribution in [3.05, 3.63) is 101 Å². The van der Waals surface area contributed by atoms with Crippen LogP contribution in [0.25, 0.3) is 0 Å². The van der Waals surface area contributed by atoms with Crippen LogP contribution in [-0.4, -0.2) is 24.4 Å². The van der Waals surface area contributed by atoms with Crippen LogP contribution in [0.5, 0.6) is 0 Å². The number of para-hydroxylation sites is 1. The molecule has 2 amide bonds. The molecular formula is C24H21ClN2O4. The van der Waals surface area contributed by atoms with Crippen LogP contribution in [0.15, 0.2) is 78.9 Å². The first-order valence-electron chi connectivity index (χ1n) is 9.62. The van der Waals surface area contributed by atoms with E-state index < -0.39 is 18.5 Å². The lowest BCUT2D eigenvalue weighted by Crippen LogP contribution is -2.28. The number of esters is 1. The Morgan fingerprint density at radius 3 is 2.19 bits per heavy atom. The highest BCUT2D eigenvalue weighted by Crippen LogP contribution is 2.19. The average Bonchev–Trinajstić information content (AvgIpc) is 2.78. The lowest BCUT2D eigenvalue weighted by atomic mass is 10.1. The molecule has 1 unspecified atom stereocenters. The molecule has 0 saturated carbocycles. The van der Waals surface area contributed by atoms with E-state index in [0.717, 1.165) is 5.56 Å². The zero-order chi connectivity index (χ0) is 22.2. The third kappa shape index (κ3) is 5.93. The van der Waals surface area contributed by atoms with Crippen LogP contribution in [-0.2, 0) is 9.53 Å². The number of ether oxygens (including phenoxy) is 1. The van der Waals surface area contributed by atoms with E-state index in [2.05, 4.69) is 10.6 Å². The quantitative estimate of drug-likeness (QED) is 0.529. The van der Waals surface area contributed by atoms with E-state index in [4.69, 9.17) is 16.3 Å². The molecule has 0 aliphatic heterocycles. The normalized spacial score (nSPS) is 11.3. The van der Waals surface area contributed by atoms with Gasteiger partial charge in [-0.05, 0) is 36.8 Å². The molecule has 7 heteroatoms. The Morgan fingerprint density at radius 2 is 1.48 bits per heavy atom. The number of hydrogen-bond acceptors (Lipinski definition) is 4. The molecule has 0 aliphatic rings. The predicted octanol–water partition coefficient (Wildman–Crippen LogP) is 4.63. The lowest BCUT2D eigenvalue weighted by Gasteiger charge is -2.16. The zero-order valence-corrected chi connectivity index (χ0v) is 17.6. The van der Waals surface area contributed by atoms with Crippen LogP contribution in [0.3, 0.4) is 0 Å². The minimum Gasteiger partial charge on any atom is -0.452 e. The molecule has 31 heavy (non-hydrogen) atoms. The van der Waals surface area contributed by atoms with E-state index in [0.29, 0.717) is 11.3 Å². The van der Waals surface area contributed by atoms with Gasteiger partial charge in [-0.25, -0.2) is 4.79 Å². The van der Waals surface area contributed by atoms with Gasteiger partial charge < -0.3 is 15.4 Å². The fourth-order valence-corrected chi connectivity index (χ4v) is 3.12. The second-order valence-corrected chi connectivity index (χ2v) is 7.16. The Labute approximate surface area is 185 Å². The van der Waals surface area contributed by atoms with Gasteiger partial charge in [-0.2, -0.15) is 0 Å². The third-order valence-corrected chi connectivity index (χ3v) is 4.85. The molecule has 6 nitrogen and oxygen atoms in total. The Bertz CT molecular complexity index is 1090. The highest BCUT2D eigenvalue weighted by Gasteiger charge is 2.17. The first-order chi connectivity index (χ1) is 15.0. The van der Waals surface area contributed by atoms with E-state index in [1.165, 1.54) is 6.07 Å². The molecule has 3 rings (SSSR count). The van der Waals surface area contributed by atoms with Gasteiger partial charge in [0.05, 0.1) is 27.9 Å². The summed E-state index contributed by atoms with van der Waals surface area (Å²) in [5.74, 6) is -1.61. The number of rotatable bonds is 7. The fourth-order valence-electron chi connectivity index (χ4n) is 2.91. The number of halogens is 1. The third-order valence-electron chi connectivity index (χ3n) is 4.52. The minimum absolute atomic E-state index is 0.173. The molecule has 0 spiro atoms. The van der Waals surface area contributed by atoms with Crippen LogP contribution in [0.4, 0.5) is 5.69 Å². The molecule has 3 aromatic carbocycles. The SMILES string of the molecule is CC(NC(=O)c1ccccc1NC(=O)COC(=O)c1ccccc1Cl)c1ccccc1. The molecule has 3 aromatic rings. The standard InChI is InChI=1S/C24H21ClN2O4/c1-16(17-9-3-2-4-10-17)26-23(29)19-12-6-8-14-21(19)27-22(28)15-31-24(30)18-11-5-7-13-20(18)25/h2-14,16H,15H2,1H3,(H,26,29)(H,27,28).